The molecule has 1 unspecified atom stereocenters. The summed E-state index contributed by atoms with van der Waals surface area (Å²) < 4.78 is 5.39. The summed E-state index contributed by atoms with van der Waals surface area (Å²) in [6, 6.07) is 6.20. The van der Waals surface area contributed by atoms with Crippen LogP contribution in [0.3, 0.4) is 0 Å². The summed E-state index contributed by atoms with van der Waals surface area (Å²) in [6.45, 7) is 4.37. The molecule has 0 spiro atoms. The first kappa shape index (κ1) is 21.9. The van der Waals surface area contributed by atoms with Gasteiger partial charge in [-0.05, 0) is 13.1 Å². The van der Waals surface area contributed by atoms with Crippen molar-refractivity contribution in [3.05, 3.63) is 34.4 Å². The SMILES string of the molecule is CN1CCN(CC(O)COc2ccccc2[N+](=O)[O-])CC1.Cl.Cl. The van der Waals surface area contributed by atoms with E-state index in [0.29, 0.717) is 6.54 Å². The molecule has 1 saturated heterocycles. The summed E-state index contributed by atoms with van der Waals surface area (Å²) >= 11 is 0. The summed E-state index contributed by atoms with van der Waals surface area (Å²) in [6.07, 6.45) is -0.659. The van der Waals surface area contributed by atoms with Crippen LogP contribution in [0.5, 0.6) is 5.75 Å². The quantitative estimate of drug-likeness (QED) is 0.605. The van der Waals surface area contributed by atoms with E-state index in [0.717, 1.165) is 26.2 Å². The Morgan fingerprint density at radius 1 is 1.26 bits per heavy atom. The van der Waals surface area contributed by atoms with Crippen molar-refractivity contribution in [1.29, 1.82) is 0 Å². The molecule has 23 heavy (non-hydrogen) atoms. The minimum absolute atomic E-state index is 0. The predicted octanol–water partition coefficient (Wildman–Crippen LogP) is 1.43. The van der Waals surface area contributed by atoms with E-state index in [9.17, 15) is 15.2 Å². The number of nitro groups is 1. The standard InChI is InChI=1S/C14H21N3O4.2ClH/c1-15-6-8-16(9-7-15)10-12(18)11-21-14-5-3-2-4-13(14)17(19)20;;/h2-5,12,18H,6-11H2,1H3;2*1H. The predicted molar refractivity (Wildman–Crippen MR) is 93.0 cm³/mol. The van der Waals surface area contributed by atoms with Crippen molar-refractivity contribution in [3.63, 3.8) is 0 Å². The highest BCUT2D eigenvalue weighted by Gasteiger charge is 2.19. The summed E-state index contributed by atoms with van der Waals surface area (Å²) in [4.78, 5) is 14.8. The molecule has 7 nitrogen and oxygen atoms in total. The Balaban J connectivity index is 0.00000242. The molecule has 2 rings (SSSR count). The number of β-amino-alcohol motifs (C(OH)–C–C–N with tert-alkyl or cyclic N) is 1. The number of nitrogens with zero attached hydrogens (tertiary/aromatic N) is 3. The molecule has 0 radical (unpaired) electrons. The number of halogens is 2. The first-order chi connectivity index (χ1) is 10.1. The fraction of sp³-hybridized carbons (Fsp3) is 0.571. The van der Waals surface area contributed by atoms with Gasteiger partial charge < -0.3 is 14.7 Å². The second-order valence-corrected chi connectivity index (χ2v) is 5.29. The highest BCUT2D eigenvalue weighted by Crippen LogP contribution is 2.25. The molecule has 1 aromatic carbocycles. The van der Waals surface area contributed by atoms with Gasteiger partial charge in [0, 0.05) is 38.8 Å². The summed E-state index contributed by atoms with van der Waals surface area (Å²) in [5, 5.41) is 20.9. The van der Waals surface area contributed by atoms with E-state index in [1.807, 2.05) is 0 Å². The molecular weight excluding hydrogens is 345 g/mol. The van der Waals surface area contributed by atoms with E-state index in [2.05, 4.69) is 16.8 Å². The van der Waals surface area contributed by atoms with Crippen molar-refractivity contribution in [2.24, 2.45) is 0 Å². The average molecular weight is 368 g/mol. The van der Waals surface area contributed by atoms with Gasteiger partial charge in [0.15, 0.2) is 5.75 Å². The van der Waals surface area contributed by atoms with Crippen molar-refractivity contribution < 1.29 is 14.8 Å². The van der Waals surface area contributed by atoms with Gasteiger partial charge in [-0.25, -0.2) is 0 Å². The number of hydrogen-bond acceptors (Lipinski definition) is 6. The van der Waals surface area contributed by atoms with Gasteiger partial charge in [-0.3, -0.25) is 15.0 Å². The van der Waals surface area contributed by atoms with E-state index < -0.39 is 11.0 Å². The number of nitro benzene ring substituents is 1. The molecule has 0 aromatic heterocycles. The van der Waals surface area contributed by atoms with Crippen LogP contribution < -0.4 is 4.74 Å². The number of likely N-dealkylation sites (N-methyl/N-ethyl adjacent to an activating group) is 1. The normalized spacial score (nSPS) is 16.8. The molecule has 1 aliphatic heterocycles. The number of ether oxygens (including phenoxy) is 1. The van der Waals surface area contributed by atoms with Crippen LogP contribution in [0.15, 0.2) is 24.3 Å². The first-order valence-corrected chi connectivity index (χ1v) is 7.01. The van der Waals surface area contributed by atoms with Crippen LogP contribution in [-0.2, 0) is 0 Å². The van der Waals surface area contributed by atoms with Crippen LogP contribution in [0, 0.1) is 10.1 Å². The lowest BCUT2D eigenvalue weighted by molar-refractivity contribution is -0.385. The third-order valence-corrected chi connectivity index (χ3v) is 3.56. The first-order valence-electron chi connectivity index (χ1n) is 7.01. The number of hydrogen-bond donors (Lipinski definition) is 1. The van der Waals surface area contributed by atoms with Crippen LogP contribution >= 0.6 is 24.8 Å². The van der Waals surface area contributed by atoms with Gasteiger partial charge in [0.05, 0.1) is 4.92 Å². The Bertz CT molecular complexity index is 485. The molecule has 1 atom stereocenters. The number of para-hydroxylation sites is 2. The second kappa shape index (κ2) is 10.6. The molecule has 1 N–H and O–H groups in total. The maximum Gasteiger partial charge on any atom is 0.310 e. The lowest BCUT2D eigenvalue weighted by Crippen LogP contribution is -2.47. The Hall–Kier alpha value is -1.12. The number of benzene rings is 1. The highest BCUT2D eigenvalue weighted by atomic mass is 35.5. The molecule has 0 aliphatic carbocycles. The summed E-state index contributed by atoms with van der Waals surface area (Å²) in [7, 11) is 2.07. The highest BCUT2D eigenvalue weighted by molar-refractivity contribution is 5.85. The van der Waals surface area contributed by atoms with Crippen LogP contribution in [0.25, 0.3) is 0 Å². The maximum absolute atomic E-state index is 10.9. The van der Waals surface area contributed by atoms with Gasteiger partial charge in [-0.2, -0.15) is 0 Å². The minimum atomic E-state index is -0.659. The number of rotatable bonds is 6. The largest absolute Gasteiger partial charge is 0.484 e. The zero-order chi connectivity index (χ0) is 15.2. The minimum Gasteiger partial charge on any atom is -0.484 e. The van der Waals surface area contributed by atoms with Crippen molar-refractivity contribution in [1.82, 2.24) is 9.80 Å². The fourth-order valence-corrected chi connectivity index (χ4v) is 2.30. The molecule has 0 bridgehead atoms. The molecule has 132 valence electrons. The van der Waals surface area contributed by atoms with Gasteiger partial charge in [-0.15, -0.1) is 24.8 Å². The summed E-state index contributed by atoms with van der Waals surface area (Å²) in [5.41, 5.74) is -0.0794. The third kappa shape index (κ3) is 6.88. The number of piperazine rings is 1. The summed E-state index contributed by atoms with van der Waals surface area (Å²) in [5.74, 6) is 0.194. The average Bonchev–Trinajstić information content (AvgIpc) is 2.48. The molecule has 0 saturated carbocycles. The van der Waals surface area contributed by atoms with Crippen LogP contribution in [0.1, 0.15) is 0 Å². The molecular formula is C14H23Cl2N3O4. The van der Waals surface area contributed by atoms with Crippen LogP contribution in [-0.4, -0.2) is 72.3 Å². The Morgan fingerprint density at radius 3 is 2.48 bits per heavy atom. The van der Waals surface area contributed by atoms with Gasteiger partial charge >= 0.3 is 5.69 Å². The van der Waals surface area contributed by atoms with E-state index in [1.54, 1.807) is 18.2 Å². The van der Waals surface area contributed by atoms with E-state index in [1.165, 1.54) is 6.07 Å². The zero-order valence-electron chi connectivity index (χ0n) is 13.0. The molecule has 9 heteroatoms. The molecule has 0 amide bonds. The van der Waals surface area contributed by atoms with Gasteiger partial charge in [-0.1, -0.05) is 12.1 Å². The van der Waals surface area contributed by atoms with Crippen molar-refractivity contribution >= 4 is 30.5 Å². The van der Waals surface area contributed by atoms with E-state index >= 15 is 0 Å². The molecule has 1 aromatic rings. The maximum atomic E-state index is 10.9. The molecule has 1 heterocycles. The Kier molecular flexibility index (Phi) is 10.1. The third-order valence-electron chi connectivity index (χ3n) is 3.56. The monoisotopic (exact) mass is 367 g/mol. The van der Waals surface area contributed by atoms with Crippen LogP contribution in [0.4, 0.5) is 5.69 Å². The van der Waals surface area contributed by atoms with Gasteiger partial charge in [0.2, 0.25) is 0 Å². The number of aliphatic hydroxyl groups excluding tert-OH is 1. The Labute approximate surface area is 148 Å². The molecule has 1 aliphatic rings. The fourth-order valence-electron chi connectivity index (χ4n) is 2.30. The lowest BCUT2D eigenvalue weighted by Gasteiger charge is -2.33. The van der Waals surface area contributed by atoms with Crippen molar-refractivity contribution in [3.8, 4) is 5.75 Å². The second-order valence-electron chi connectivity index (χ2n) is 5.29. The van der Waals surface area contributed by atoms with E-state index in [4.69, 9.17) is 4.74 Å². The van der Waals surface area contributed by atoms with Gasteiger partial charge in [0.1, 0.15) is 12.7 Å². The smallest absolute Gasteiger partial charge is 0.310 e. The van der Waals surface area contributed by atoms with E-state index in [-0.39, 0.29) is 42.9 Å². The van der Waals surface area contributed by atoms with Crippen LogP contribution in [0.2, 0.25) is 0 Å². The molecule has 1 fully saturated rings. The van der Waals surface area contributed by atoms with Gasteiger partial charge in [0.25, 0.3) is 0 Å². The number of aliphatic hydroxyl groups is 1. The topological polar surface area (TPSA) is 79.1 Å². The van der Waals surface area contributed by atoms with Crippen molar-refractivity contribution in [2.45, 2.75) is 6.10 Å². The lowest BCUT2D eigenvalue weighted by atomic mass is 10.2. The Morgan fingerprint density at radius 2 is 1.87 bits per heavy atom. The zero-order valence-corrected chi connectivity index (χ0v) is 14.6. The van der Waals surface area contributed by atoms with Crippen molar-refractivity contribution in [2.75, 3.05) is 46.4 Å².